The number of ether oxygens (including phenoxy) is 1. The highest BCUT2D eigenvalue weighted by Crippen LogP contribution is 2.32. The Kier molecular flexibility index (Phi) is 4.51. The standard InChI is InChI=1S/C19H22N2O2/c1-14-9-10-18-17(13-14)20-15(2)19(22)21(18)11-6-12-23-16-7-4-3-5-8-16/h3-5,7-10,13,15,20H,6,11-12H2,1-2H3. The van der Waals surface area contributed by atoms with Crippen molar-refractivity contribution in [3.05, 3.63) is 54.1 Å². The van der Waals surface area contributed by atoms with Crippen LogP contribution >= 0.6 is 0 Å². The predicted octanol–water partition coefficient (Wildman–Crippen LogP) is 3.61. The molecule has 4 nitrogen and oxygen atoms in total. The Balaban J connectivity index is 1.64. The molecule has 1 heterocycles. The second kappa shape index (κ2) is 6.73. The van der Waals surface area contributed by atoms with E-state index >= 15 is 0 Å². The van der Waals surface area contributed by atoms with Gasteiger partial charge in [-0.3, -0.25) is 4.79 Å². The number of hydrogen-bond donors (Lipinski definition) is 1. The number of nitrogens with zero attached hydrogens (tertiary/aromatic N) is 1. The molecule has 2 aromatic rings. The molecule has 1 amide bonds. The average molecular weight is 310 g/mol. The number of carbonyl (C=O) groups is 1. The van der Waals surface area contributed by atoms with E-state index in [0.29, 0.717) is 13.2 Å². The Hall–Kier alpha value is -2.49. The van der Waals surface area contributed by atoms with Gasteiger partial charge in [0.05, 0.1) is 18.0 Å². The van der Waals surface area contributed by atoms with E-state index in [9.17, 15) is 4.79 Å². The molecular weight excluding hydrogens is 288 g/mol. The maximum absolute atomic E-state index is 12.5. The molecule has 1 aliphatic heterocycles. The highest BCUT2D eigenvalue weighted by Gasteiger charge is 2.29. The minimum Gasteiger partial charge on any atom is -0.494 e. The number of rotatable bonds is 5. The minimum atomic E-state index is -0.195. The molecule has 4 heteroatoms. The predicted molar refractivity (Wildman–Crippen MR) is 93.2 cm³/mol. The molecule has 1 N–H and O–H groups in total. The number of anilines is 2. The first-order chi connectivity index (χ1) is 11.1. The van der Waals surface area contributed by atoms with Crippen molar-refractivity contribution < 1.29 is 9.53 Å². The zero-order chi connectivity index (χ0) is 16.2. The summed E-state index contributed by atoms with van der Waals surface area (Å²) in [6.07, 6.45) is 0.792. The first-order valence-corrected chi connectivity index (χ1v) is 8.01. The van der Waals surface area contributed by atoms with Crippen molar-refractivity contribution in [2.45, 2.75) is 26.3 Å². The van der Waals surface area contributed by atoms with Crippen molar-refractivity contribution in [2.24, 2.45) is 0 Å². The van der Waals surface area contributed by atoms with Crippen molar-refractivity contribution in [3.63, 3.8) is 0 Å². The Bertz CT molecular complexity index is 685. The number of nitrogens with one attached hydrogen (secondary N) is 1. The molecular formula is C19H22N2O2. The van der Waals surface area contributed by atoms with E-state index < -0.39 is 0 Å². The summed E-state index contributed by atoms with van der Waals surface area (Å²) in [7, 11) is 0. The number of aryl methyl sites for hydroxylation is 1. The van der Waals surface area contributed by atoms with Crippen molar-refractivity contribution in [1.29, 1.82) is 0 Å². The highest BCUT2D eigenvalue weighted by molar-refractivity contribution is 6.04. The van der Waals surface area contributed by atoms with Crippen LogP contribution < -0.4 is 15.0 Å². The molecule has 0 saturated carbocycles. The van der Waals surface area contributed by atoms with Crippen LogP contribution in [0.3, 0.4) is 0 Å². The summed E-state index contributed by atoms with van der Waals surface area (Å²) in [6, 6.07) is 15.7. The van der Waals surface area contributed by atoms with Gasteiger partial charge in [0.25, 0.3) is 0 Å². The van der Waals surface area contributed by atoms with Crippen LogP contribution in [0.15, 0.2) is 48.5 Å². The zero-order valence-electron chi connectivity index (χ0n) is 13.6. The SMILES string of the molecule is Cc1ccc2c(c1)NC(C)C(=O)N2CCCOc1ccccc1. The third-order valence-corrected chi connectivity index (χ3v) is 3.99. The van der Waals surface area contributed by atoms with Crippen LogP contribution in [0.2, 0.25) is 0 Å². The average Bonchev–Trinajstić information content (AvgIpc) is 2.55. The van der Waals surface area contributed by atoms with Crippen LogP contribution in [-0.4, -0.2) is 25.1 Å². The third kappa shape index (κ3) is 3.47. The maximum atomic E-state index is 12.5. The Morgan fingerprint density at radius 2 is 1.96 bits per heavy atom. The lowest BCUT2D eigenvalue weighted by molar-refractivity contribution is -0.119. The molecule has 0 saturated heterocycles. The molecule has 1 aliphatic rings. The summed E-state index contributed by atoms with van der Waals surface area (Å²) in [5.74, 6) is 0.976. The lowest BCUT2D eigenvalue weighted by Gasteiger charge is -2.34. The van der Waals surface area contributed by atoms with Gasteiger partial charge in [-0.2, -0.15) is 0 Å². The molecule has 0 fully saturated rings. The third-order valence-electron chi connectivity index (χ3n) is 3.99. The second-order valence-electron chi connectivity index (χ2n) is 5.89. The van der Waals surface area contributed by atoms with Crippen LogP contribution in [0.4, 0.5) is 11.4 Å². The maximum Gasteiger partial charge on any atom is 0.249 e. The second-order valence-corrected chi connectivity index (χ2v) is 5.89. The fourth-order valence-electron chi connectivity index (χ4n) is 2.81. The first kappa shape index (κ1) is 15.4. The summed E-state index contributed by atoms with van der Waals surface area (Å²) in [6.45, 7) is 5.21. The number of carbonyl (C=O) groups excluding carboxylic acids is 1. The molecule has 0 spiro atoms. The van der Waals surface area contributed by atoms with Gasteiger partial charge in [-0.1, -0.05) is 24.3 Å². The number of amides is 1. The van der Waals surface area contributed by atoms with Crippen molar-refractivity contribution in [2.75, 3.05) is 23.4 Å². The molecule has 2 aromatic carbocycles. The van der Waals surface area contributed by atoms with Gasteiger partial charge in [0.2, 0.25) is 5.91 Å². The first-order valence-electron chi connectivity index (χ1n) is 8.01. The Morgan fingerprint density at radius 3 is 2.74 bits per heavy atom. The van der Waals surface area contributed by atoms with Crippen LogP contribution in [0.1, 0.15) is 18.9 Å². The number of fused-ring (bicyclic) bond motifs is 1. The summed E-state index contributed by atoms with van der Waals surface area (Å²) in [5, 5.41) is 3.27. The van der Waals surface area contributed by atoms with E-state index in [1.807, 2.05) is 54.3 Å². The molecule has 120 valence electrons. The van der Waals surface area contributed by atoms with Gasteiger partial charge >= 0.3 is 0 Å². The molecule has 0 aromatic heterocycles. The van der Waals surface area contributed by atoms with E-state index in [4.69, 9.17) is 4.74 Å². The van der Waals surface area contributed by atoms with E-state index in [1.165, 1.54) is 5.56 Å². The molecule has 0 radical (unpaired) electrons. The molecule has 0 aliphatic carbocycles. The van der Waals surface area contributed by atoms with Crippen molar-refractivity contribution in [1.82, 2.24) is 0 Å². The summed E-state index contributed by atoms with van der Waals surface area (Å²) in [5.41, 5.74) is 3.17. The quantitative estimate of drug-likeness (QED) is 0.858. The van der Waals surface area contributed by atoms with Gasteiger partial charge in [0.1, 0.15) is 11.8 Å². The number of hydrogen-bond acceptors (Lipinski definition) is 3. The molecule has 3 rings (SSSR count). The van der Waals surface area contributed by atoms with Gasteiger partial charge in [-0.25, -0.2) is 0 Å². The fourth-order valence-corrected chi connectivity index (χ4v) is 2.81. The van der Waals surface area contributed by atoms with Gasteiger partial charge in [0.15, 0.2) is 0 Å². The molecule has 23 heavy (non-hydrogen) atoms. The monoisotopic (exact) mass is 310 g/mol. The summed E-state index contributed by atoms with van der Waals surface area (Å²) < 4.78 is 5.71. The van der Waals surface area contributed by atoms with E-state index in [1.54, 1.807) is 0 Å². The van der Waals surface area contributed by atoms with Crippen molar-refractivity contribution >= 4 is 17.3 Å². The Labute approximate surface area is 137 Å². The number of para-hydroxylation sites is 1. The Morgan fingerprint density at radius 1 is 1.17 bits per heavy atom. The van der Waals surface area contributed by atoms with E-state index in [0.717, 1.165) is 23.5 Å². The minimum absolute atomic E-state index is 0.112. The summed E-state index contributed by atoms with van der Waals surface area (Å²) in [4.78, 5) is 14.3. The lowest BCUT2D eigenvalue weighted by Crippen LogP contribution is -2.46. The van der Waals surface area contributed by atoms with E-state index in [-0.39, 0.29) is 11.9 Å². The summed E-state index contributed by atoms with van der Waals surface area (Å²) >= 11 is 0. The molecule has 1 atom stereocenters. The van der Waals surface area contributed by atoms with Crippen LogP contribution in [0.25, 0.3) is 0 Å². The van der Waals surface area contributed by atoms with Gasteiger partial charge in [-0.15, -0.1) is 0 Å². The topological polar surface area (TPSA) is 41.6 Å². The zero-order valence-corrected chi connectivity index (χ0v) is 13.6. The smallest absolute Gasteiger partial charge is 0.249 e. The van der Waals surface area contributed by atoms with Gasteiger partial charge < -0.3 is 15.0 Å². The molecule has 0 bridgehead atoms. The largest absolute Gasteiger partial charge is 0.494 e. The highest BCUT2D eigenvalue weighted by atomic mass is 16.5. The molecule has 1 unspecified atom stereocenters. The normalized spacial score (nSPS) is 16.7. The van der Waals surface area contributed by atoms with Gasteiger partial charge in [-0.05, 0) is 50.1 Å². The van der Waals surface area contributed by atoms with Crippen LogP contribution in [0, 0.1) is 6.92 Å². The van der Waals surface area contributed by atoms with Crippen LogP contribution in [0.5, 0.6) is 5.75 Å². The number of benzene rings is 2. The fraction of sp³-hybridized carbons (Fsp3) is 0.316. The van der Waals surface area contributed by atoms with Crippen molar-refractivity contribution in [3.8, 4) is 5.75 Å². The lowest BCUT2D eigenvalue weighted by atomic mass is 10.1. The van der Waals surface area contributed by atoms with Crippen LogP contribution in [-0.2, 0) is 4.79 Å². The van der Waals surface area contributed by atoms with E-state index in [2.05, 4.69) is 18.3 Å². The van der Waals surface area contributed by atoms with Gasteiger partial charge in [0, 0.05) is 6.54 Å².